The molecule has 2 aliphatic rings. The lowest BCUT2D eigenvalue weighted by Crippen LogP contribution is -2.78. The molecule has 3 rings (SSSR count). The Kier molecular flexibility index (Phi) is 5.47. The number of amides is 2. The van der Waals surface area contributed by atoms with E-state index in [1.54, 1.807) is 12.1 Å². The average Bonchev–Trinajstić information content (AvgIpc) is 2.64. The number of rotatable bonds is 5. The van der Waals surface area contributed by atoms with Gasteiger partial charge < -0.3 is 19.7 Å². The molecule has 2 saturated heterocycles. The van der Waals surface area contributed by atoms with Crippen LogP contribution >= 0.6 is 27.7 Å². The summed E-state index contributed by atoms with van der Waals surface area (Å²) in [6.45, 7) is 1.67. The molecule has 2 fully saturated rings. The zero-order valence-corrected chi connectivity index (χ0v) is 16.7. The molecule has 2 heterocycles. The van der Waals surface area contributed by atoms with Gasteiger partial charge in [-0.15, -0.1) is 11.8 Å². The van der Waals surface area contributed by atoms with Crippen molar-refractivity contribution in [2.24, 2.45) is 0 Å². The number of thioether (sulfide) groups is 1. The van der Waals surface area contributed by atoms with E-state index in [1.807, 2.05) is 25.1 Å². The number of nitrogens with zero attached hydrogens (tertiary/aromatic N) is 1. The van der Waals surface area contributed by atoms with Gasteiger partial charge in [0.1, 0.15) is 23.2 Å². The van der Waals surface area contributed by atoms with E-state index in [0.29, 0.717) is 11.5 Å². The maximum atomic E-state index is 12.6. The van der Waals surface area contributed by atoms with Crippen LogP contribution in [0.5, 0.6) is 5.75 Å². The van der Waals surface area contributed by atoms with E-state index in [9.17, 15) is 14.4 Å². The number of benzene rings is 1. The molecule has 9 heteroatoms. The van der Waals surface area contributed by atoms with Crippen LogP contribution in [0.25, 0.3) is 0 Å². The van der Waals surface area contributed by atoms with E-state index >= 15 is 0 Å². The van der Waals surface area contributed by atoms with E-state index in [4.69, 9.17) is 9.47 Å². The third-order valence-electron chi connectivity index (χ3n) is 4.32. The lowest BCUT2D eigenvalue weighted by molar-refractivity contribution is -0.165. The maximum absolute atomic E-state index is 12.6. The van der Waals surface area contributed by atoms with Crippen molar-refractivity contribution < 1.29 is 23.9 Å². The fourth-order valence-corrected chi connectivity index (χ4v) is 5.26. The zero-order valence-electron chi connectivity index (χ0n) is 14.3. The number of esters is 1. The van der Waals surface area contributed by atoms with Gasteiger partial charge in [-0.3, -0.25) is 9.59 Å². The lowest BCUT2D eigenvalue weighted by Gasteiger charge is -2.56. The normalized spacial score (nSPS) is 30.0. The molecular formula is C17H19BrN2O5S. The highest BCUT2D eigenvalue weighted by molar-refractivity contribution is 9.10. The second kappa shape index (κ2) is 7.48. The molecule has 2 aliphatic heterocycles. The summed E-state index contributed by atoms with van der Waals surface area (Å²) in [5.41, 5.74) is 0. The van der Waals surface area contributed by atoms with E-state index in [2.05, 4.69) is 21.2 Å². The molecule has 0 radical (unpaired) electrons. The van der Waals surface area contributed by atoms with E-state index in [0.717, 1.165) is 0 Å². The van der Waals surface area contributed by atoms with Crippen molar-refractivity contribution in [1.29, 1.82) is 0 Å². The monoisotopic (exact) mass is 442 g/mol. The summed E-state index contributed by atoms with van der Waals surface area (Å²) < 4.78 is 9.66. The number of β-lactam (4-membered cyclic amide) rings is 1. The molecule has 2 amide bonds. The Balaban J connectivity index is 1.61. The van der Waals surface area contributed by atoms with Gasteiger partial charge in [0.2, 0.25) is 5.91 Å². The summed E-state index contributed by atoms with van der Waals surface area (Å²) >= 11 is 5.04. The first kappa shape index (κ1) is 19.0. The van der Waals surface area contributed by atoms with E-state index in [1.165, 1.54) is 23.8 Å². The standard InChI is InChI=1S/C17H19BrN2O5S/c1-17(18)9-26-15-12(14(22)20(15)13(17)16(23)24-2)19-11(21)8-25-10-6-4-3-5-7-10/h3-7,12-13,15H,8-9H2,1-2H3,(H,19,21)/t12?,13?,15-,17?/m1/s1. The van der Waals surface area contributed by atoms with E-state index < -0.39 is 22.4 Å². The van der Waals surface area contributed by atoms with Gasteiger partial charge in [0.25, 0.3) is 5.91 Å². The molecular weight excluding hydrogens is 424 g/mol. The molecule has 0 spiro atoms. The number of hydrogen-bond donors (Lipinski definition) is 1. The van der Waals surface area contributed by atoms with Crippen molar-refractivity contribution in [2.45, 2.75) is 28.7 Å². The quantitative estimate of drug-likeness (QED) is 0.418. The van der Waals surface area contributed by atoms with Crippen LogP contribution in [-0.2, 0) is 19.1 Å². The van der Waals surface area contributed by atoms with Crippen molar-refractivity contribution in [1.82, 2.24) is 10.2 Å². The predicted octanol–water partition coefficient (Wildman–Crippen LogP) is 1.16. The van der Waals surface area contributed by atoms with Crippen LogP contribution in [0.4, 0.5) is 0 Å². The predicted molar refractivity (Wildman–Crippen MR) is 100 cm³/mol. The van der Waals surface area contributed by atoms with Crippen LogP contribution in [0.2, 0.25) is 0 Å². The smallest absolute Gasteiger partial charge is 0.330 e. The van der Waals surface area contributed by atoms with Gasteiger partial charge in [-0.25, -0.2) is 4.79 Å². The van der Waals surface area contributed by atoms with Gasteiger partial charge in [0.15, 0.2) is 6.61 Å². The Morgan fingerprint density at radius 1 is 1.38 bits per heavy atom. The number of hydrogen-bond acceptors (Lipinski definition) is 6. The molecule has 140 valence electrons. The molecule has 0 saturated carbocycles. The Labute approximate surface area is 163 Å². The highest BCUT2D eigenvalue weighted by Gasteiger charge is 2.61. The number of fused-ring (bicyclic) bond motifs is 1. The number of para-hydroxylation sites is 1. The van der Waals surface area contributed by atoms with Gasteiger partial charge >= 0.3 is 5.97 Å². The average molecular weight is 443 g/mol. The minimum absolute atomic E-state index is 0.179. The Morgan fingerprint density at radius 2 is 2.08 bits per heavy atom. The summed E-state index contributed by atoms with van der Waals surface area (Å²) in [7, 11) is 1.30. The van der Waals surface area contributed by atoms with Gasteiger partial charge in [-0.2, -0.15) is 0 Å². The fourth-order valence-electron chi connectivity index (χ4n) is 3.04. The third kappa shape index (κ3) is 3.55. The van der Waals surface area contributed by atoms with E-state index in [-0.39, 0.29) is 23.8 Å². The first-order valence-electron chi connectivity index (χ1n) is 8.03. The van der Waals surface area contributed by atoms with Crippen molar-refractivity contribution in [3.8, 4) is 5.75 Å². The van der Waals surface area contributed by atoms with Gasteiger partial charge in [-0.1, -0.05) is 34.1 Å². The molecule has 3 unspecified atom stereocenters. The molecule has 26 heavy (non-hydrogen) atoms. The highest BCUT2D eigenvalue weighted by Crippen LogP contribution is 2.46. The molecule has 0 aliphatic carbocycles. The van der Waals surface area contributed by atoms with Gasteiger partial charge in [-0.05, 0) is 19.1 Å². The second-order valence-corrected chi connectivity index (χ2v) is 9.21. The van der Waals surface area contributed by atoms with Crippen molar-refractivity contribution in [2.75, 3.05) is 19.5 Å². The minimum atomic E-state index is -0.722. The van der Waals surface area contributed by atoms with Crippen LogP contribution in [0.1, 0.15) is 6.92 Å². The van der Waals surface area contributed by atoms with Crippen molar-refractivity contribution in [3.05, 3.63) is 30.3 Å². The SMILES string of the molecule is COC(=O)C1N2C(=O)C(NC(=O)COc3ccccc3)[C@H]2SCC1(C)Br. The van der Waals surface area contributed by atoms with Crippen LogP contribution < -0.4 is 10.1 Å². The van der Waals surface area contributed by atoms with Gasteiger partial charge in [0.05, 0.1) is 11.4 Å². The first-order valence-corrected chi connectivity index (χ1v) is 9.87. The van der Waals surface area contributed by atoms with Gasteiger partial charge in [0, 0.05) is 5.75 Å². The first-order chi connectivity index (χ1) is 12.3. The summed E-state index contributed by atoms with van der Waals surface area (Å²) in [6.07, 6.45) is 0. The molecule has 1 aromatic rings. The number of halogens is 1. The van der Waals surface area contributed by atoms with Crippen LogP contribution in [-0.4, -0.2) is 63.9 Å². The largest absolute Gasteiger partial charge is 0.484 e. The number of alkyl halides is 1. The fraction of sp³-hybridized carbons (Fsp3) is 0.471. The zero-order chi connectivity index (χ0) is 18.9. The number of ether oxygens (including phenoxy) is 2. The number of nitrogens with one attached hydrogen (secondary N) is 1. The molecule has 0 aromatic heterocycles. The lowest BCUT2D eigenvalue weighted by atomic mass is 9.94. The van der Waals surface area contributed by atoms with Crippen molar-refractivity contribution in [3.63, 3.8) is 0 Å². The number of carbonyl (C=O) groups is 3. The maximum Gasteiger partial charge on any atom is 0.330 e. The van der Waals surface area contributed by atoms with Crippen LogP contribution in [0, 0.1) is 0 Å². The third-order valence-corrected chi connectivity index (χ3v) is 7.01. The molecule has 1 aromatic carbocycles. The second-order valence-electron chi connectivity index (χ2n) is 6.30. The summed E-state index contributed by atoms with van der Waals surface area (Å²) in [5.74, 6) is 0.0385. The van der Waals surface area contributed by atoms with Crippen LogP contribution in [0.3, 0.4) is 0 Å². The topological polar surface area (TPSA) is 84.9 Å². The number of methoxy groups -OCH3 is 1. The van der Waals surface area contributed by atoms with Crippen LogP contribution in [0.15, 0.2) is 30.3 Å². The molecule has 4 atom stereocenters. The van der Waals surface area contributed by atoms with Crippen molar-refractivity contribution >= 4 is 45.5 Å². The summed E-state index contributed by atoms with van der Waals surface area (Å²) in [4.78, 5) is 38.3. The highest BCUT2D eigenvalue weighted by atomic mass is 79.9. The summed E-state index contributed by atoms with van der Waals surface area (Å²) in [5, 5.41) is 2.40. The molecule has 7 nitrogen and oxygen atoms in total. The summed E-state index contributed by atoms with van der Waals surface area (Å²) in [6, 6.07) is 7.58. The molecule has 0 bridgehead atoms. The minimum Gasteiger partial charge on any atom is -0.484 e. The Bertz CT molecular complexity index is 714. The number of carbonyl (C=O) groups excluding carboxylic acids is 3. The Hall–Kier alpha value is -1.74. The molecule has 1 N–H and O–H groups in total. The Morgan fingerprint density at radius 3 is 2.73 bits per heavy atom.